The molecule has 1 amide bonds. The Morgan fingerprint density at radius 2 is 1.66 bits per heavy atom. The Hall–Kier alpha value is -3.86. The topological polar surface area (TPSA) is 47.1 Å². The number of nitrogens with one attached hydrogen (secondary N) is 1. The first-order valence-corrected chi connectivity index (χ1v) is 9.43. The predicted molar refractivity (Wildman–Crippen MR) is 115 cm³/mol. The monoisotopic (exact) mass is 384 g/mol. The summed E-state index contributed by atoms with van der Waals surface area (Å²) in [6.45, 7) is 5.72. The second-order valence-electron chi connectivity index (χ2n) is 6.71. The van der Waals surface area contributed by atoms with Crippen molar-refractivity contribution in [3.05, 3.63) is 91.8 Å². The number of para-hydroxylation sites is 3. The lowest BCUT2D eigenvalue weighted by Gasteiger charge is -2.11. The number of anilines is 1. The molecule has 0 bridgehead atoms. The lowest BCUT2D eigenvalue weighted by Crippen LogP contribution is -2.43. The molecule has 0 saturated carbocycles. The van der Waals surface area contributed by atoms with Crippen molar-refractivity contribution >= 4 is 28.8 Å². The fourth-order valence-corrected chi connectivity index (χ4v) is 3.22. The second-order valence-corrected chi connectivity index (χ2v) is 6.71. The first-order valence-electron chi connectivity index (χ1n) is 9.43. The Morgan fingerprint density at radius 3 is 2.38 bits per heavy atom. The number of benzene rings is 3. The zero-order valence-electron chi connectivity index (χ0n) is 16.2. The van der Waals surface area contributed by atoms with Crippen molar-refractivity contribution in [2.75, 3.05) is 5.32 Å². The van der Waals surface area contributed by atoms with Crippen LogP contribution in [0.5, 0.6) is 11.5 Å². The van der Waals surface area contributed by atoms with Gasteiger partial charge < -0.3 is 10.1 Å². The van der Waals surface area contributed by atoms with Crippen LogP contribution in [0.4, 0.5) is 5.69 Å². The van der Waals surface area contributed by atoms with Crippen LogP contribution < -0.4 is 14.6 Å². The van der Waals surface area contributed by atoms with Crippen LogP contribution in [0.2, 0.25) is 0 Å². The van der Waals surface area contributed by atoms with E-state index in [1.807, 2.05) is 101 Å². The van der Waals surface area contributed by atoms with E-state index < -0.39 is 0 Å². The summed E-state index contributed by atoms with van der Waals surface area (Å²) < 4.78 is 9.64. The molecule has 1 heterocycles. The smallest absolute Gasteiger partial charge is 0.269 e. The summed E-state index contributed by atoms with van der Waals surface area (Å²) in [5, 5.41) is 2.97. The summed E-state index contributed by atoms with van der Waals surface area (Å²) in [5.74, 6) is 1.39. The maximum Gasteiger partial charge on any atom is 0.269 e. The Bertz CT molecular complexity index is 1150. The molecule has 5 nitrogen and oxygen atoms in total. The molecule has 3 aromatic carbocycles. The third-order valence-corrected chi connectivity index (χ3v) is 4.78. The first kappa shape index (κ1) is 18.5. The number of rotatable bonds is 6. The number of fused-ring (bicyclic) bond motifs is 1. The van der Waals surface area contributed by atoms with Crippen molar-refractivity contribution < 1.29 is 14.1 Å². The molecular formula is C24H22N3O2+. The number of imidazole rings is 1. The highest BCUT2D eigenvalue weighted by atomic mass is 16.5. The first-order chi connectivity index (χ1) is 14.2. The van der Waals surface area contributed by atoms with E-state index in [0.29, 0.717) is 5.75 Å². The van der Waals surface area contributed by atoms with Crippen LogP contribution in [-0.4, -0.2) is 10.5 Å². The number of nitrogens with zero attached hydrogens (tertiary/aromatic N) is 2. The second kappa shape index (κ2) is 8.02. The summed E-state index contributed by atoms with van der Waals surface area (Å²) in [7, 11) is 0. The largest absolute Gasteiger partial charge is 0.457 e. The summed E-state index contributed by atoms with van der Waals surface area (Å²) >= 11 is 0. The molecule has 0 aliphatic carbocycles. The maximum absolute atomic E-state index is 12.8. The molecule has 4 rings (SSSR count). The normalized spacial score (nSPS) is 11.8. The van der Waals surface area contributed by atoms with Gasteiger partial charge in [0, 0.05) is 5.69 Å². The van der Waals surface area contributed by atoms with Gasteiger partial charge in [-0.3, -0.25) is 4.79 Å². The number of carbonyl (C=O) groups excluding carboxylic acids is 1. The van der Waals surface area contributed by atoms with E-state index in [9.17, 15) is 4.79 Å². The average molecular weight is 384 g/mol. The summed E-state index contributed by atoms with van der Waals surface area (Å²) in [6, 6.07) is 24.5. The molecule has 4 aromatic rings. The van der Waals surface area contributed by atoms with Crippen molar-refractivity contribution in [3.63, 3.8) is 0 Å². The molecule has 0 radical (unpaired) electrons. The summed E-state index contributed by atoms with van der Waals surface area (Å²) in [6.07, 6.45) is 3.62. The molecule has 0 unspecified atom stereocenters. The van der Waals surface area contributed by atoms with Crippen LogP contribution in [0.3, 0.4) is 0 Å². The van der Waals surface area contributed by atoms with Gasteiger partial charge in [0.2, 0.25) is 6.33 Å². The molecule has 29 heavy (non-hydrogen) atoms. The van der Waals surface area contributed by atoms with Gasteiger partial charge >= 0.3 is 0 Å². The van der Waals surface area contributed by atoms with Gasteiger partial charge in [-0.1, -0.05) is 36.9 Å². The maximum atomic E-state index is 12.8. The minimum Gasteiger partial charge on any atom is -0.457 e. The van der Waals surface area contributed by atoms with Gasteiger partial charge in [-0.15, -0.1) is 0 Å². The standard InChI is InChI=1S/C24H21N3O2/c1-3-26-17-27(23-12-8-7-11-22(23)26)18(2)24(28)25-19-13-15-21(16-14-19)29-20-9-5-4-6-10-20/h3-18H,1H2,2H3/p+1/t18-/m0/s1. The van der Waals surface area contributed by atoms with Crippen molar-refractivity contribution in [2.24, 2.45) is 0 Å². The lowest BCUT2D eigenvalue weighted by atomic mass is 10.2. The van der Waals surface area contributed by atoms with Crippen molar-refractivity contribution in [1.29, 1.82) is 0 Å². The Kier molecular flexibility index (Phi) is 5.12. The molecule has 0 aliphatic rings. The summed E-state index contributed by atoms with van der Waals surface area (Å²) in [4.78, 5) is 12.8. The van der Waals surface area contributed by atoms with Crippen molar-refractivity contribution in [3.8, 4) is 11.5 Å². The molecule has 0 spiro atoms. The molecule has 0 aliphatic heterocycles. The fourth-order valence-electron chi connectivity index (χ4n) is 3.22. The number of aromatic nitrogens is 2. The molecule has 0 fully saturated rings. The van der Waals surface area contributed by atoms with E-state index in [4.69, 9.17) is 4.74 Å². The highest BCUT2D eigenvalue weighted by Gasteiger charge is 2.24. The zero-order chi connectivity index (χ0) is 20.2. The third-order valence-electron chi connectivity index (χ3n) is 4.78. The van der Waals surface area contributed by atoms with E-state index in [-0.39, 0.29) is 11.9 Å². The van der Waals surface area contributed by atoms with E-state index in [0.717, 1.165) is 22.5 Å². The highest BCUT2D eigenvalue weighted by Crippen LogP contribution is 2.23. The van der Waals surface area contributed by atoms with Crippen LogP contribution in [0.1, 0.15) is 13.0 Å². The predicted octanol–water partition coefficient (Wildman–Crippen LogP) is 5.02. The molecule has 1 aromatic heterocycles. The minimum atomic E-state index is -0.388. The van der Waals surface area contributed by atoms with Gasteiger partial charge in [-0.25, -0.2) is 9.13 Å². The fraction of sp³-hybridized carbons (Fsp3) is 0.0833. The Balaban J connectivity index is 1.49. The number of carbonyl (C=O) groups is 1. The van der Waals surface area contributed by atoms with Gasteiger partial charge in [0.05, 0.1) is 6.20 Å². The molecule has 1 N–H and O–H groups in total. The SMILES string of the molecule is C=Cn1c[n+]([C@@H](C)C(=O)Nc2ccc(Oc3ccccc3)cc2)c2ccccc21. The molecular weight excluding hydrogens is 362 g/mol. The van der Waals surface area contributed by atoms with E-state index >= 15 is 0 Å². The number of ether oxygens (including phenoxy) is 1. The van der Waals surface area contributed by atoms with Crippen LogP contribution in [0, 0.1) is 0 Å². The lowest BCUT2D eigenvalue weighted by molar-refractivity contribution is -0.680. The quantitative estimate of drug-likeness (QED) is 0.475. The van der Waals surface area contributed by atoms with E-state index in [2.05, 4.69) is 11.9 Å². The van der Waals surface area contributed by atoms with Crippen LogP contribution in [0.15, 0.2) is 91.8 Å². The zero-order valence-corrected chi connectivity index (χ0v) is 16.2. The molecule has 0 saturated heterocycles. The highest BCUT2D eigenvalue weighted by molar-refractivity contribution is 5.92. The van der Waals surface area contributed by atoms with E-state index in [1.54, 1.807) is 6.20 Å². The third kappa shape index (κ3) is 3.89. The van der Waals surface area contributed by atoms with Crippen LogP contribution >= 0.6 is 0 Å². The van der Waals surface area contributed by atoms with Gasteiger partial charge in [0.15, 0.2) is 17.1 Å². The Morgan fingerprint density at radius 1 is 1.00 bits per heavy atom. The molecule has 5 heteroatoms. The van der Waals surface area contributed by atoms with Gasteiger partial charge in [0.25, 0.3) is 5.91 Å². The molecule has 144 valence electrons. The van der Waals surface area contributed by atoms with E-state index in [1.165, 1.54) is 0 Å². The molecule has 1 atom stereocenters. The van der Waals surface area contributed by atoms with Crippen LogP contribution in [0.25, 0.3) is 17.2 Å². The van der Waals surface area contributed by atoms with Gasteiger partial charge in [-0.2, -0.15) is 0 Å². The van der Waals surface area contributed by atoms with Gasteiger partial charge in [0.1, 0.15) is 11.5 Å². The van der Waals surface area contributed by atoms with Gasteiger partial charge in [-0.05, 0) is 55.5 Å². The Labute approximate surface area is 169 Å². The number of hydrogen-bond acceptors (Lipinski definition) is 2. The summed E-state index contributed by atoms with van der Waals surface area (Å²) in [5.41, 5.74) is 2.70. The minimum absolute atomic E-state index is 0.0984. The van der Waals surface area contributed by atoms with Crippen molar-refractivity contribution in [1.82, 2.24) is 4.57 Å². The number of amides is 1. The average Bonchev–Trinajstić information content (AvgIpc) is 3.14. The van der Waals surface area contributed by atoms with Crippen molar-refractivity contribution in [2.45, 2.75) is 13.0 Å². The van der Waals surface area contributed by atoms with Crippen LogP contribution in [-0.2, 0) is 4.79 Å². The number of hydrogen-bond donors (Lipinski definition) is 1.